The Hall–Kier alpha value is -2.44. The van der Waals surface area contributed by atoms with Gasteiger partial charge in [-0.05, 0) is 29.8 Å². The zero-order valence-corrected chi connectivity index (χ0v) is 13.4. The van der Waals surface area contributed by atoms with Crippen molar-refractivity contribution in [2.24, 2.45) is 0 Å². The molecule has 0 bridgehead atoms. The molecule has 1 atom stereocenters. The van der Waals surface area contributed by atoms with E-state index in [1.54, 1.807) is 24.5 Å². The molecule has 2 N–H and O–H groups in total. The van der Waals surface area contributed by atoms with Gasteiger partial charge in [-0.2, -0.15) is 0 Å². The molecule has 2 heterocycles. The van der Waals surface area contributed by atoms with Crippen LogP contribution in [-0.4, -0.2) is 48.8 Å². The number of morpholine rings is 1. The molecule has 24 heavy (non-hydrogen) atoms. The van der Waals surface area contributed by atoms with Gasteiger partial charge in [0.25, 0.3) is 5.91 Å². The molecule has 0 spiro atoms. The van der Waals surface area contributed by atoms with Crippen molar-refractivity contribution < 1.29 is 14.6 Å². The Balaban J connectivity index is 1.55. The minimum absolute atomic E-state index is 0.165. The van der Waals surface area contributed by atoms with Crippen LogP contribution in [0.5, 0.6) is 0 Å². The molecule has 1 fully saturated rings. The summed E-state index contributed by atoms with van der Waals surface area (Å²) in [6.07, 6.45) is 2.39. The van der Waals surface area contributed by atoms with Crippen molar-refractivity contribution in [2.45, 2.75) is 6.10 Å². The Morgan fingerprint density at radius 3 is 2.50 bits per heavy atom. The van der Waals surface area contributed by atoms with E-state index >= 15 is 0 Å². The molecule has 126 valence electrons. The van der Waals surface area contributed by atoms with Crippen LogP contribution in [-0.2, 0) is 4.74 Å². The zero-order valence-electron chi connectivity index (χ0n) is 13.4. The molecule has 3 rings (SSSR count). The second-order valence-electron chi connectivity index (χ2n) is 5.65. The van der Waals surface area contributed by atoms with Crippen LogP contribution in [0.3, 0.4) is 0 Å². The van der Waals surface area contributed by atoms with Crippen molar-refractivity contribution in [1.82, 2.24) is 10.3 Å². The number of ether oxygens (including phenoxy) is 1. The van der Waals surface area contributed by atoms with E-state index < -0.39 is 6.10 Å². The SMILES string of the molecule is O=C(NCC(O)c1ccc(N2CCOCC2)cc1)c1ccncc1. The number of hydrogen-bond acceptors (Lipinski definition) is 5. The second kappa shape index (κ2) is 7.90. The van der Waals surface area contributed by atoms with Gasteiger partial charge < -0.3 is 20.1 Å². The maximum atomic E-state index is 12.0. The van der Waals surface area contributed by atoms with Crippen LogP contribution >= 0.6 is 0 Å². The van der Waals surface area contributed by atoms with Crippen molar-refractivity contribution in [3.05, 3.63) is 59.9 Å². The molecule has 1 aromatic carbocycles. The first-order chi connectivity index (χ1) is 11.7. The number of pyridine rings is 1. The molecule has 1 aliphatic heterocycles. The van der Waals surface area contributed by atoms with E-state index in [0.717, 1.165) is 37.6 Å². The van der Waals surface area contributed by atoms with Gasteiger partial charge in [-0.1, -0.05) is 12.1 Å². The first-order valence-electron chi connectivity index (χ1n) is 8.03. The molecular formula is C18H21N3O3. The van der Waals surface area contributed by atoms with E-state index in [9.17, 15) is 9.90 Å². The lowest BCUT2D eigenvalue weighted by Crippen LogP contribution is -2.36. The average molecular weight is 327 g/mol. The topological polar surface area (TPSA) is 74.7 Å². The summed E-state index contributed by atoms with van der Waals surface area (Å²) in [6.45, 7) is 3.41. The van der Waals surface area contributed by atoms with Gasteiger partial charge in [0.05, 0.1) is 19.3 Å². The first-order valence-corrected chi connectivity index (χ1v) is 8.03. The average Bonchev–Trinajstić information content (AvgIpc) is 2.67. The molecule has 1 aliphatic rings. The number of aromatic nitrogens is 1. The highest BCUT2D eigenvalue weighted by molar-refractivity contribution is 5.93. The molecule has 2 aromatic rings. The summed E-state index contributed by atoms with van der Waals surface area (Å²) in [5, 5.41) is 13.0. The highest BCUT2D eigenvalue weighted by Crippen LogP contribution is 2.20. The fourth-order valence-corrected chi connectivity index (χ4v) is 2.64. The van der Waals surface area contributed by atoms with Crippen molar-refractivity contribution in [3.8, 4) is 0 Å². The van der Waals surface area contributed by atoms with Crippen LogP contribution in [0.25, 0.3) is 0 Å². The normalized spacial score (nSPS) is 15.8. The molecule has 0 saturated carbocycles. The van der Waals surface area contributed by atoms with Crippen molar-refractivity contribution >= 4 is 11.6 Å². The maximum Gasteiger partial charge on any atom is 0.251 e. The number of carbonyl (C=O) groups is 1. The number of anilines is 1. The quantitative estimate of drug-likeness (QED) is 0.868. The van der Waals surface area contributed by atoms with Crippen LogP contribution in [0.2, 0.25) is 0 Å². The summed E-state index contributed by atoms with van der Waals surface area (Å²) < 4.78 is 5.35. The Morgan fingerprint density at radius 1 is 1.17 bits per heavy atom. The lowest BCUT2D eigenvalue weighted by molar-refractivity contribution is 0.0916. The zero-order chi connectivity index (χ0) is 16.8. The van der Waals surface area contributed by atoms with Gasteiger partial charge in [-0.15, -0.1) is 0 Å². The van der Waals surface area contributed by atoms with E-state index in [4.69, 9.17) is 4.74 Å². The number of aliphatic hydroxyl groups is 1. The fraction of sp³-hybridized carbons (Fsp3) is 0.333. The fourth-order valence-electron chi connectivity index (χ4n) is 2.64. The summed E-state index contributed by atoms with van der Waals surface area (Å²) in [4.78, 5) is 18.1. The smallest absolute Gasteiger partial charge is 0.251 e. The number of benzene rings is 1. The van der Waals surface area contributed by atoms with E-state index in [1.807, 2.05) is 24.3 Å². The van der Waals surface area contributed by atoms with Crippen LogP contribution in [0.15, 0.2) is 48.8 Å². The highest BCUT2D eigenvalue weighted by Gasteiger charge is 2.13. The first kappa shape index (κ1) is 16.4. The molecular weight excluding hydrogens is 306 g/mol. The van der Waals surface area contributed by atoms with Crippen LogP contribution in [0.4, 0.5) is 5.69 Å². The molecule has 1 saturated heterocycles. The largest absolute Gasteiger partial charge is 0.387 e. The van der Waals surface area contributed by atoms with Crippen LogP contribution in [0.1, 0.15) is 22.0 Å². The van der Waals surface area contributed by atoms with E-state index in [2.05, 4.69) is 15.2 Å². The third kappa shape index (κ3) is 4.10. The minimum Gasteiger partial charge on any atom is -0.387 e. The van der Waals surface area contributed by atoms with Gasteiger partial charge in [0.1, 0.15) is 0 Å². The van der Waals surface area contributed by atoms with Gasteiger partial charge in [0.2, 0.25) is 0 Å². The number of hydrogen-bond donors (Lipinski definition) is 2. The summed E-state index contributed by atoms with van der Waals surface area (Å²) in [7, 11) is 0. The van der Waals surface area contributed by atoms with Crippen LogP contribution < -0.4 is 10.2 Å². The number of nitrogens with zero attached hydrogens (tertiary/aromatic N) is 2. The molecule has 1 amide bonds. The van der Waals surface area contributed by atoms with E-state index in [-0.39, 0.29) is 12.5 Å². The number of amides is 1. The Labute approximate surface area is 141 Å². The number of aliphatic hydroxyl groups excluding tert-OH is 1. The Morgan fingerprint density at radius 2 is 1.83 bits per heavy atom. The predicted molar refractivity (Wildman–Crippen MR) is 91.0 cm³/mol. The molecule has 1 unspecified atom stereocenters. The molecule has 6 heteroatoms. The van der Waals surface area contributed by atoms with Crippen molar-refractivity contribution in [1.29, 1.82) is 0 Å². The third-order valence-corrected chi connectivity index (χ3v) is 4.05. The Kier molecular flexibility index (Phi) is 5.40. The number of nitrogens with one attached hydrogen (secondary N) is 1. The van der Waals surface area contributed by atoms with Gasteiger partial charge in [-0.25, -0.2) is 0 Å². The number of carbonyl (C=O) groups excluding carboxylic acids is 1. The Bertz CT molecular complexity index is 655. The van der Waals surface area contributed by atoms with Gasteiger partial charge >= 0.3 is 0 Å². The highest BCUT2D eigenvalue weighted by atomic mass is 16.5. The predicted octanol–water partition coefficient (Wildman–Crippen LogP) is 1.38. The monoisotopic (exact) mass is 327 g/mol. The van der Waals surface area contributed by atoms with Gasteiger partial charge in [0, 0.05) is 43.3 Å². The minimum atomic E-state index is -0.741. The lowest BCUT2D eigenvalue weighted by Gasteiger charge is -2.29. The lowest BCUT2D eigenvalue weighted by atomic mass is 10.1. The van der Waals surface area contributed by atoms with Crippen LogP contribution in [0, 0.1) is 0 Å². The van der Waals surface area contributed by atoms with E-state index in [1.165, 1.54) is 0 Å². The summed E-state index contributed by atoms with van der Waals surface area (Å²) in [5.41, 5.74) is 2.43. The second-order valence-corrected chi connectivity index (χ2v) is 5.65. The van der Waals surface area contributed by atoms with Crippen molar-refractivity contribution in [3.63, 3.8) is 0 Å². The van der Waals surface area contributed by atoms with Gasteiger partial charge in [0.15, 0.2) is 0 Å². The van der Waals surface area contributed by atoms with E-state index in [0.29, 0.717) is 5.56 Å². The third-order valence-electron chi connectivity index (χ3n) is 4.05. The maximum absolute atomic E-state index is 12.0. The van der Waals surface area contributed by atoms with Gasteiger partial charge in [-0.3, -0.25) is 9.78 Å². The molecule has 0 radical (unpaired) electrons. The summed E-state index contributed by atoms with van der Waals surface area (Å²) in [6, 6.07) is 11.1. The summed E-state index contributed by atoms with van der Waals surface area (Å²) in [5.74, 6) is -0.221. The molecule has 6 nitrogen and oxygen atoms in total. The molecule has 0 aliphatic carbocycles. The standard InChI is InChI=1S/C18H21N3O3/c22-17(13-20-18(23)15-5-7-19-8-6-15)14-1-3-16(4-2-14)21-9-11-24-12-10-21/h1-8,17,22H,9-13H2,(H,20,23). The summed E-state index contributed by atoms with van der Waals surface area (Å²) >= 11 is 0. The van der Waals surface area contributed by atoms with Crippen molar-refractivity contribution in [2.75, 3.05) is 37.7 Å². The molecule has 1 aromatic heterocycles. The number of rotatable bonds is 5.